The van der Waals surface area contributed by atoms with Crippen molar-refractivity contribution >= 4 is 29.2 Å². The number of H-pyrrole nitrogens is 1. The number of piperidine rings is 1. The average Bonchev–Trinajstić information content (AvgIpc) is 2.62. The van der Waals surface area contributed by atoms with Gasteiger partial charge in [0.25, 0.3) is 5.56 Å². The van der Waals surface area contributed by atoms with Crippen molar-refractivity contribution in [2.24, 2.45) is 11.7 Å². The number of aryl methyl sites for hydroxylation is 1. The van der Waals surface area contributed by atoms with E-state index in [1.165, 1.54) is 0 Å². The Morgan fingerprint density at radius 3 is 2.73 bits per heavy atom. The van der Waals surface area contributed by atoms with Gasteiger partial charge in [-0.2, -0.15) is 0 Å². The zero-order valence-corrected chi connectivity index (χ0v) is 15.9. The van der Waals surface area contributed by atoms with Gasteiger partial charge in [-0.1, -0.05) is 12.1 Å². The van der Waals surface area contributed by atoms with Crippen molar-refractivity contribution in [2.75, 3.05) is 13.1 Å². The molecule has 1 aromatic heterocycles. The maximum Gasteiger partial charge on any atom is 0.258 e. The fourth-order valence-electron chi connectivity index (χ4n) is 3.49. The number of carbonyl (C=O) groups excluding carboxylic acids is 1. The van der Waals surface area contributed by atoms with Crippen molar-refractivity contribution in [1.82, 2.24) is 14.9 Å². The van der Waals surface area contributed by atoms with Gasteiger partial charge in [0.15, 0.2) is 0 Å². The Hall–Kier alpha value is -1.92. The summed E-state index contributed by atoms with van der Waals surface area (Å²) in [6.07, 6.45) is 3.75. The quantitative estimate of drug-likeness (QED) is 0.834. The summed E-state index contributed by atoms with van der Waals surface area (Å²) < 4.78 is 0. The summed E-state index contributed by atoms with van der Waals surface area (Å²) in [4.78, 5) is 33.6. The molecule has 142 valence electrons. The second-order valence-corrected chi connectivity index (χ2v) is 6.96. The highest BCUT2D eigenvalue weighted by Crippen LogP contribution is 2.20. The number of likely N-dealkylation sites (tertiary alicyclic amines) is 1. The van der Waals surface area contributed by atoms with Crippen LogP contribution in [0, 0.1) is 5.92 Å². The maximum atomic E-state index is 12.3. The largest absolute Gasteiger partial charge is 0.343 e. The minimum atomic E-state index is -0.120. The summed E-state index contributed by atoms with van der Waals surface area (Å²) in [6.45, 7) is 3.64. The third kappa shape index (κ3) is 4.83. The minimum Gasteiger partial charge on any atom is -0.343 e. The monoisotopic (exact) mass is 378 g/mol. The van der Waals surface area contributed by atoms with Gasteiger partial charge in [-0.25, -0.2) is 4.98 Å². The number of nitrogens with zero attached hydrogens (tertiary/aromatic N) is 2. The van der Waals surface area contributed by atoms with Crippen LogP contribution in [-0.2, 0) is 11.2 Å². The topological polar surface area (TPSA) is 92.1 Å². The molecule has 2 heterocycles. The molecular weight excluding hydrogens is 352 g/mol. The molecule has 0 spiro atoms. The van der Waals surface area contributed by atoms with E-state index in [9.17, 15) is 9.59 Å². The number of halogens is 1. The number of para-hydroxylation sites is 1. The van der Waals surface area contributed by atoms with E-state index in [0.717, 1.165) is 25.9 Å². The highest BCUT2D eigenvalue weighted by atomic mass is 35.5. The Morgan fingerprint density at radius 1 is 1.35 bits per heavy atom. The summed E-state index contributed by atoms with van der Waals surface area (Å²) in [5.74, 6) is 1.36. The lowest BCUT2D eigenvalue weighted by atomic mass is 9.91. The van der Waals surface area contributed by atoms with E-state index in [0.29, 0.717) is 41.9 Å². The summed E-state index contributed by atoms with van der Waals surface area (Å²) in [7, 11) is 0. The molecule has 26 heavy (non-hydrogen) atoms. The highest BCUT2D eigenvalue weighted by molar-refractivity contribution is 5.85. The van der Waals surface area contributed by atoms with Crippen LogP contribution in [0.15, 0.2) is 29.1 Å². The van der Waals surface area contributed by atoms with Crippen LogP contribution < -0.4 is 11.3 Å². The molecule has 6 nitrogen and oxygen atoms in total. The molecule has 1 amide bonds. The third-order valence-corrected chi connectivity index (χ3v) is 5.10. The predicted octanol–water partition coefficient (Wildman–Crippen LogP) is 2.25. The van der Waals surface area contributed by atoms with Gasteiger partial charge in [0.2, 0.25) is 5.91 Å². The molecule has 0 bridgehead atoms. The Balaban J connectivity index is 0.00000243. The molecule has 1 fully saturated rings. The number of rotatable bonds is 5. The number of benzene rings is 1. The lowest BCUT2D eigenvalue weighted by molar-refractivity contribution is -0.132. The molecule has 1 atom stereocenters. The van der Waals surface area contributed by atoms with Crippen molar-refractivity contribution in [3.63, 3.8) is 0 Å². The normalized spacial score (nSPS) is 16.3. The average molecular weight is 379 g/mol. The van der Waals surface area contributed by atoms with E-state index >= 15 is 0 Å². The molecule has 0 saturated carbocycles. The van der Waals surface area contributed by atoms with Gasteiger partial charge >= 0.3 is 0 Å². The van der Waals surface area contributed by atoms with E-state index in [-0.39, 0.29) is 29.9 Å². The van der Waals surface area contributed by atoms with Gasteiger partial charge in [0.05, 0.1) is 10.9 Å². The summed E-state index contributed by atoms with van der Waals surface area (Å²) in [5.41, 5.74) is 6.52. The molecule has 7 heteroatoms. The van der Waals surface area contributed by atoms with Crippen LogP contribution in [0.1, 0.15) is 38.4 Å². The lowest BCUT2D eigenvalue weighted by Crippen LogP contribution is -2.42. The SMILES string of the molecule is CC(N)C1CCN(C(=O)CCCc2nc3ccccc3c(=O)[nH]2)CC1.Cl. The van der Waals surface area contributed by atoms with E-state index in [4.69, 9.17) is 5.73 Å². The van der Waals surface area contributed by atoms with E-state index < -0.39 is 0 Å². The summed E-state index contributed by atoms with van der Waals surface area (Å²) in [5, 5.41) is 0.597. The fourth-order valence-corrected chi connectivity index (χ4v) is 3.49. The van der Waals surface area contributed by atoms with E-state index in [1.54, 1.807) is 6.07 Å². The zero-order chi connectivity index (χ0) is 17.8. The number of nitrogens with one attached hydrogen (secondary N) is 1. The Kier molecular flexibility index (Phi) is 7.17. The Labute approximate surface area is 159 Å². The van der Waals surface area contributed by atoms with E-state index in [2.05, 4.69) is 9.97 Å². The number of hydrogen-bond donors (Lipinski definition) is 2. The van der Waals surface area contributed by atoms with Crippen LogP contribution in [0.2, 0.25) is 0 Å². The molecule has 1 unspecified atom stereocenters. The van der Waals surface area contributed by atoms with Crippen LogP contribution in [0.25, 0.3) is 10.9 Å². The first-order valence-electron chi connectivity index (χ1n) is 9.06. The number of amides is 1. The number of nitrogens with two attached hydrogens (primary N) is 1. The highest BCUT2D eigenvalue weighted by Gasteiger charge is 2.24. The van der Waals surface area contributed by atoms with Crippen LogP contribution in [0.5, 0.6) is 0 Å². The number of carbonyl (C=O) groups is 1. The second-order valence-electron chi connectivity index (χ2n) is 6.96. The Morgan fingerprint density at radius 2 is 2.04 bits per heavy atom. The summed E-state index contributed by atoms with van der Waals surface area (Å²) >= 11 is 0. The van der Waals surface area contributed by atoms with E-state index in [1.807, 2.05) is 30.0 Å². The number of aromatic nitrogens is 2. The van der Waals surface area contributed by atoms with Gasteiger partial charge in [0.1, 0.15) is 5.82 Å². The van der Waals surface area contributed by atoms with Crippen LogP contribution in [-0.4, -0.2) is 39.9 Å². The molecule has 1 aromatic carbocycles. The standard InChI is InChI=1S/C19H26N4O2.ClH/c1-13(20)14-9-11-23(12-10-14)18(24)8-4-7-17-21-16-6-3-2-5-15(16)19(25)22-17;/h2-3,5-6,13-14H,4,7-12,20H2,1H3,(H,21,22,25);1H. The van der Waals surface area contributed by atoms with Crippen molar-refractivity contribution in [3.05, 3.63) is 40.4 Å². The predicted molar refractivity (Wildman–Crippen MR) is 106 cm³/mol. The van der Waals surface area contributed by atoms with Crippen molar-refractivity contribution in [2.45, 2.75) is 45.1 Å². The molecule has 0 aliphatic carbocycles. The second kappa shape index (κ2) is 9.14. The van der Waals surface area contributed by atoms with Crippen LogP contribution in [0.3, 0.4) is 0 Å². The smallest absolute Gasteiger partial charge is 0.258 e. The zero-order valence-electron chi connectivity index (χ0n) is 15.1. The van der Waals surface area contributed by atoms with Gasteiger partial charge in [-0.05, 0) is 44.2 Å². The fraction of sp³-hybridized carbons (Fsp3) is 0.526. The third-order valence-electron chi connectivity index (χ3n) is 5.10. The molecule has 2 aromatic rings. The molecule has 0 radical (unpaired) electrons. The molecular formula is C19H27ClN4O2. The number of fused-ring (bicyclic) bond motifs is 1. The molecule has 1 saturated heterocycles. The van der Waals surface area contributed by atoms with Gasteiger partial charge in [0, 0.05) is 32.0 Å². The molecule has 3 rings (SSSR count). The van der Waals surface area contributed by atoms with Gasteiger partial charge < -0.3 is 15.6 Å². The molecule has 3 N–H and O–H groups in total. The van der Waals surface area contributed by atoms with Gasteiger partial charge in [-0.15, -0.1) is 12.4 Å². The first kappa shape index (κ1) is 20.4. The lowest BCUT2D eigenvalue weighted by Gasteiger charge is -2.33. The number of aromatic amines is 1. The van der Waals surface area contributed by atoms with Crippen molar-refractivity contribution < 1.29 is 4.79 Å². The van der Waals surface area contributed by atoms with Crippen molar-refractivity contribution in [3.8, 4) is 0 Å². The molecule has 1 aliphatic heterocycles. The minimum absolute atomic E-state index is 0. The van der Waals surface area contributed by atoms with Gasteiger partial charge in [-0.3, -0.25) is 9.59 Å². The number of hydrogen-bond acceptors (Lipinski definition) is 4. The van der Waals surface area contributed by atoms with Crippen LogP contribution >= 0.6 is 12.4 Å². The summed E-state index contributed by atoms with van der Waals surface area (Å²) in [6, 6.07) is 7.50. The van der Waals surface area contributed by atoms with Crippen LogP contribution in [0.4, 0.5) is 0 Å². The Bertz CT molecular complexity index is 797. The van der Waals surface area contributed by atoms with Crippen molar-refractivity contribution in [1.29, 1.82) is 0 Å². The first-order valence-corrected chi connectivity index (χ1v) is 9.06. The maximum absolute atomic E-state index is 12.3. The molecule has 1 aliphatic rings. The first-order chi connectivity index (χ1) is 12.0.